The summed E-state index contributed by atoms with van der Waals surface area (Å²) < 4.78 is 5.23. The van der Waals surface area contributed by atoms with E-state index in [9.17, 15) is 4.79 Å². The lowest BCUT2D eigenvalue weighted by Crippen LogP contribution is -2.25. The maximum absolute atomic E-state index is 10.9. The Labute approximate surface area is 145 Å². The SMILES string of the molecule is O=C(COc1ccc(CNCCc2c[nH]c3ccccc23)cc1)NO. The largest absolute Gasteiger partial charge is 0.484 e. The number of hydroxylamine groups is 1. The van der Waals surface area contributed by atoms with Crippen LogP contribution in [0, 0.1) is 0 Å². The molecule has 0 aliphatic carbocycles. The van der Waals surface area contributed by atoms with Gasteiger partial charge in [0.1, 0.15) is 5.75 Å². The van der Waals surface area contributed by atoms with Crippen molar-refractivity contribution in [1.29, 1.82) is 0 Å². The first-order valence-electron chi connectivity index (χ1n) is 8.16. The Morgan fingerprint density at radius 2 is 1.92 bits per heavy atom. The first-order chi connectivity index (χ1) is 12.3. The number of aromatic amines is 1. The molecule has 0 saturated heterocycles. The summed E-state index contributed by atoms with van der Waals surface area (Å²) >= 11 is 0. The number of para-hydroxylation sites is 1. The molecule has 130 valence electrons. The molecule has 0 aliphatic rings. The molecule has 25 heavy (non-hydrogen) atoms. The Kier molecular flexibility index (Phi) is 5.66. The number of hydrogen-bond donors (Lipinski definition) is 4. The van der Waals surface area contributed by atoms with E-state index >= 15 is 0 Å². The highest BCUT2D eigenvalue weighted by molar-refractivity contribution is 5.83. The van der Waals surface area contributed by atoms with Crippen LogP contribution in [0.25, 0.3) is 10.9 Å². The molecule has 3 aromatic rings. The number of carbonyl (C=O) groups excluding carboxylic acids is 1. The molecule has 4 N–H and O–H groups in total. The minimum absolute atomic E-state index is 0.210. The third kappa shape index (κ3) is 4.59. The number of hydrogen-bond acceptors (Lipinski definition) is 4. The normalized spacial score (nSPS) is 10.8. The van der Waals surface area contributed by atoms with Gasteiger partial charge in [0.05, 0.1) is 0 Å². The zero-order valence-corrected chi connectivity index (χ0v) is 13.8. The van der Waals surface area contributed by atoms with Gasteiger partial charge in [-0.05, 0) is 42.3 Å². The molecule has 0 spiro atoms. The van der Waals surface area contributed by atoms with Crippen LogP contribution < -0.4 is 15.5 Å². The standard InChI is InChI=1S/C19H21N3O3/c23-19(22-24)13-25-16-7-5-14(6-8-16)11-20-10-9-15-12-21-18-4-2-1-3-17(15)18/h1-8,12,20-21,24H,9-11,13H2,(H,22,23). The van der Waals surface area contributed by atoms with Gasteiger partial charge in [-0.2, -0.15) is 0 Å². The molecule has 0 unspecified atom stereocenters. The monoisotopic (exact) mass is 339 g/mol. The van der Waals surface area contributed by atoms with Crippen LogP contribution in [0.15, 0.2) is 54.7 Å². The number of carbonyl (C=O) groups is 1. The molecule has 1 aromatic heterocycles. The highest BCUT2D eigenvalue weighted by Gasteiger charge is 2.03. The van der Waals surface area contributed by atoms with Gasteiger partial charge in [0, 0.05) is 23.6 Å². The summed E-state index contributed by atoms with van der Waals surface area (Å²) in [6, 6.07) is 15.8. The molecule has 2 aromatic carbocycles. The topological polar surface area (TPSA) is 86.4 Å². The van der Waals surface area contributed by atoms with Crippen molar-refractivity contribution >= 4 is 16.8 Å². The van der Waals surface area contributed by atoms with Crippen molar-refractivity contribution in [2.45, 2.75) is 13.0 Å². The van der Waals surface area contributed by atoms with Crippen LogP contribution >= 0.6 is 0 Å². The van der Waals surface area contributed by atoms with Crippen molar-refractivity contribution in [2.75, 3.05) is 13.2 Å². The average Bonchev–Trinajstić information content (AvgIpc) is 3.07. The smallest absolute Gasteiger partial charge is 0.281 e. The van der Waals surface area contributed by atoms with Crippen LogP contribution in [0.3, 0.4) is 0 Å². The summed E-state index contributed by atoms with van der Waals surface area (Å²) in [6.07, 6.45) is 3.03. The molecule has 1 amide bonds. The van der Waals surface area contributed by atoms with E-state index in [1.54, 1.807) is 12.1 Å². The molecule has 6 nitrogen and oxygen atoms in total. The summed E-state index contributed by atoms with van der Waals surface area (Å²) in [6.45, 7) is 1.44. The lowest BCUT2D eigenvalue weighted by Gasteiger charge is -2.07. The van der Waals surface area contributed by atoms with Crippen LogP contribution in [0.1, 0.15) is 11.1 Å². The van der Waals surface area contributed by atoms with Gasteiger partial charge < -0.3 is 15.0 Å². The van der Waals surface area contributed by atoms with Gasteiger partial charge in [0.2, 0.25) is 0 Å². The number of benzene rings is 2. The van der Waals surface area contributed by atoms with Gasteiger partial charge in [0.15, 0.2) is 6.61 Å². The molecule has 1 heterocycles. The fraction of sp³-hybridized carbons (Fsp3) is 0.211. The zero-order valence-electron chi connectivity index (χ0n) is 13.8. The van der Waals surface area contributed by atoms with E-state index in [1.807, 2.05) is 18.2 Å². The number of aromatic nitrogens is 1. The summed E-state index contributed by atoms with van der Waals surface area (Å²) in [5.41, 5.74) is 5.15. The van der Waals surface area contributed by atoms with Gasteiger partial charge in [-0.15, -0.1) is 0 Å². The maximum atomic E-state index is 10.9. The summed E-state index contributed by atoms with van der Waals surface area (Å²) in [5.74, 6) is 0.00849. The molecule has 0 fully saturated rings. The molecule has 6 heteroatoms. The van der Waals surface area contributed by atoms with Crippen LogP contribution in [-0.2, 0) is 17.8 Å². The van der Waals surface area contributed by atoms with Crippen molar-refractivity contribution in [3.63, 3.8) is 0 Å². The molecule has 3 rings (SSSR count). The molecule has 0 aliphatic heterocycles. The second kappa shape index (κ2) is 8.32. The first kappa shape index (κ1) is 17.0. The third-order valence-electron chi connectivity index (χ3n) is 3.99. The number of rotatable bonds is 8. The van der Waals surface area contributed by atoms with Crippen LogP contribution in [0.2, 0.25) is 0 Å². The Morgan fingerprint density at radius 1 is 1.12 bits per heavy atom. The number of ether oxygens (including phenoxy) is 1. The number of H-pyrrole nitrogens is 1. The number of nitrogens with one attached hydrogen (secondary N) is 3. The Morgan fingerprint density at radius 3 is 2.72 bits per heavy atom. The molecular formula is C19H21N3O3. The van der Waals surface area contributed by atoms with E-state index in [1.165, 1.54) is 21.9 Å². The summed E-state index contributed by atoms with van der Waals surface area (Å²) in [5, 5.41) is 13.1. The number of amides is 1. The molecule has 0 bridgehead atoms. The van der Waals surface area contributed by atoms with E-state index < -0.39 is 5.91 Å². The van der Waals surface area contributed by atoms with Gasteiger partial charge in [-0.1, -0.05) is 30.3 Å². The van der Waals surface area contributed by atoms with E-state index in [2.05, 4.69) is 34.7 Å². The van der Waals surface area contributed by atoms with Gasteiger partial charge in [0.25, 0.3) is 5.91 Å². The van der Waals surface area contributed by atoms with Crippen molar-refractivity contribution in [3.05, 3.63) is 65.9 Å². The predicted octanol–water partition coefficient (Wildman–Crippen LogP) is 2.38. The molecule has 0 radical (unpaired) electrons. The van der Waals surface area contributed by atoms with Crippen LogP contribution in [0.4, 0.5) is 0 Å². The minimum Gasteiger partial charge on any atom is -0.484 e. The second-order valence-electron chi connectivity index (χ2n) is 5.75. The Balaban J connectivity index is 1.43. The average molecular weight is 339 g/mol. The van der Waals surface area contributed by atoms with Crippen molar-refractivity contribution < 1.29 is 14.7 Å². The Hall–Kier alpha value is -2.83. The van der Waals surface area contributed by atoms with Crippen LogP contribution in [0.5, 0.6) is 5.75 Å². The molecular weight excluding hydrogens is 318 g/mol. The highest BCUT2D eigenvalue weighted by atomic mass is 16.5. The van der Waals surface area contributed by atoms with Crippen molar-refractivity contribution in [3.8, 4) is 5.75 Å². The van der Waals surface area contributed by atoms with Gasteiger partial charge in [-0.3, -0.25) is 10.0 Å². The number of fused-ring (bicyclic) bond motifs is 1. The van der Waals surface area contributed by atoms with Crippen molar-refractivity contribution in [1.82, 2.24) is 15.8 Å². The van der Waals surface area contributed by atoms with E-state index in [-0.39, 0.29) is 6.61 Å². The molecule has 0 saturated carbocycles. The first-order valence-corrected chi connectivity index (χ1v) is 8.16. The highest BCUT2D eigenvalue weighted by Crippen LogP contribution is 2.17. The quantitative estimate of drug-likeness (QED) is 0.288. The van der Waals surface area contributed by atoms with E-state index in [4.69, 9.17) is 9.94 Å². The fourth-order valence-electron chi connectivity index (χ4n) is 2.68. The zero-order chi connectivity index (χ0) is 17.5. The lowest BCUT2D eigenvalue weighted by atomic mass is 10.1. The Bertz CT molecular complexity index is 827. The van der Waals surface area contributed by atoms with E-state index in [0.29, 0.717) is 5.75 Å². The predicted molar refractivity (Wildman–Crippen MR) is 95.6 cm³/mol. The lowest BCUT2D eigenvalue weighted by molar-refractivity contribution is -0.131. The third-order valence-corrected chi connectivity index (χ3v) is 3.99. The summed E-state index contributed by atoms with van der Waals surface area (Å²) in [7, 11) is 0. The summed E-state index contributed by atoms with van der Waals surface area (Å²) in [4.78, 5) is 14.2. The second-order valence-corrected chi connectivity index (χ2v) is 5.75. The maximum Gasteiger partial charge on any atom is 0.281 e. The fourth-order valence-corrected chi connectivity index (χ4v) is 2.68. The van der Waals surface area contributed by atoms with E-state index in [0.717, 1.165) is 25.1 Å². The van der Waals surface area contributed by atoms with Crippen molar-refractivity contribution in [2.24, 2.45) is 0 Å². The van der Waals surface area contributed by atoms with Crippen LogP contribution in [-0.4, -0.2) is 29.3 Å². The molecule has 0 atom stereocenters. The van der Waals surface area contributed by atoms with Gasteiger partial charge in [-0.25, -0.2) is 5.48 Å². The van der Waals surface area contributed by atoms with Gasteiger partial charge >= 0.3 is 0 Å². The minimum atomic E-state index is -0.581.